The summed E-state index contributed by atoms with van der Waals surface area (Å²) in [5, 5.41) is 5.04. The third-order valence-corrected chi connectivity index (χ3v) is 5.84. The third kappa shape index (κ3) is 1.47. The van der Waals surface area contributed by atoms with Gasteiger partial charge in [0.1, 0.15) is 11.5 Å². The van der Waals surface area contributed by atoms with Gasteiger partial charge in [-0.15, -0.1) is 11.3 Å². The van der Waals surface area contributed by atoms with E-state index in [4.69, 9.17) is 4.74 Å². The molecule has 5 aromatic rings. The molecule has 0 spiro atoms. The Morgan fingerprint density at radius 2 is 1.67 bits per heavy atom. The molecule has 0 aliphatic carbocycles. The molecule has 0 fully saturated rings. The molecule has 0 N–H and O–H groups in total. The standard InChI is InChI=1S/C21H11NOS/c1-2-6-16-12(4-1)15-10-18-21(13-8-9-22-11-19(13)24-18)14-5-3-7-17(23-16)20(14)15/h1-11H. The van der Waals surface area contributed by atoms with Crippen molar-refractivity contribution in [1.82, 2.24) is 4.98 Å². The highest BCUT2D eigenvalue weighted by molar-refractivity contribution is 7.26. The summed E-state index contributed by atoms with van der Waals surface area (Å²) in [6.45, 7) is 0. The number of rotatable bonds is 0. The van der Waals surface area contributed by atoms with Crippen LogP contribution in [0.25, 0.3) is 42.1 Å². The molecule has 3 heterocycles. The SMILES string of the molecule is c1ccc2c(c1)Oc1cccc3c1c-2cc1sc2cnccc2c13. The number of hydrogen-bond donors (Lipinski definition) is 0. The van der Waals surface area contributed by atoms with Gasteiger partial charge in [0.2, 0.25) is 0 Å². The lowest BCUT2D eigenvalue weighted by Gasteiger charge is -2.21. The van der Waals surface area contributed by atoms with Crippen LogP contribution in [-0.4, -0.2) is 4.98 Å². The maximum absolute atomic E-state index is 6.18. The Kier molecular flexibility index (Phi) is 2.26. The van der Waals surface area contributed by atoms with Crippen molar-refractivity contribution in [3.05, 3.63) is 67.0 Å². The van der Waals surface area contributed by atoms with Gasteiger partial charge in [0.05, 0.1) is 4.70 Å². The molecule has 24 heavy (non-hydrogen) atoms. The quantitative estimate of drug-likeness (QED) is 0.323. The second kappa shape index (κ2) is 4.34. The molecule has 3 aromatic carbocycles. The van der Waals surface area contributed by atoms with Crippen LogP contribution < -0.4 is 4.74 Å². The van der Waals surface area contributed by atoms with Crippen molar-refractivity contribution in [2.75, 3.05) is 0 Å². The molecule has 0 atom stereocenters. The number of hydrogen-bond acceptors (Lipinski definition) is 3. The fourth-order valence-electron chi connectivity index (χ4n) is 3.76. The van der Waals surface area contributed by atoms with E-state index in [9.17, 15) is 0 Å². The van der Waals surface area contributed by atoms with Gasteiger partial charge >= 0.3 is 0 Å². The zero-order valence-electron chi connectivity index (χ0n) is 12.6. The lowest BCUT2D eigenvalue weighted by molar-refractivity contribution is 0.487. The van der Waals surface area contributed by atoms with Gasteiger partial charge in [-0.1, -0.05) is 30.3 Å². The Morgan fingerprint density at radius 3 is 2.67 bits per heavy atom. The number of fused-ring (bicyclic) bond motifs is 6. The van der Waals surface area contributed by atoms with Crippen LogP contribution in [0.15, 0.2) is 67.0 Å². The van der Waals surface area contributed by atoms with Crippen LogP contribution in [0.4, 0.5) is 0 Å². The predicted octanol–water partition coefficient (Wildman–Crippen LogP) is 6.38. The largest absolute Gasteiger partial charge is 0.456 e. The predicted molar refractivity (Wildman–Crippen MR) is 100 cm³/mol. The van der Waals surface area contributed by atoms with Crippen molar-refractivity contribution in [3.63, 3.8) is 0 Å². The second-order valence-electron chi connectivity index (χ2n) is 6.05. The molecule has 0 radical (unpaired) electrons. The van der Waals surface area contributed by atoms with E-state index in [1.165, 1.54) is 42.1 Å². The zero-order chi connectivity index (χ0) is 15.7. The van der Waals surface area contributed by atoms with E-state index < -0.39 is 0 Å². The summed E-state index contributed by atoms with van der Waals surface area (Å²) in [4.78, 5) is 4.28. The number of nitrogens with zero attached hydrogens (tertiary/aromatic N) is 1. The maximum atomic E-state index is 6.18. The minimum absolute atomic E-state index is 0.930. The highest BCUT2D eigenvalue weighted by atomic mass is 32.1. The topological polar surface area (TPSA) is 22.1 Å². The van der Waals surface area contributed by atoms with Crippen molar-refractivity contribution in [1.29, 1.82) is 0 Å². The van der Waals surface area contributed by atoms with Crippen LogP contribution in [0.5, 0.6) is 11.5 Å². The van der Waals surface area contributed by atoms with E-state index in [1.807, 2.05) is 35.9 Å². The first-order chi connectivity index (χ1) is 11.9. The fourth-order valence-corrected chi connectivity index (χ4v) is 4.89. The number of aromatic nitrogens is 1. The molecule has 2 nitrogen and oxygen atoms in total. The van der Waals surface area contributed by atoms with E-state index in [2.05, 4.69) is 47.4 Å². The van der Waals surface area contributed by atoms with Crippen molar-refractivity contribution in [2.45, 2.75) is 0 Å². The molecule has 1 aliphatic heterocycles. The number of thiophene rings is 1. The average molecular weight is 325 g/mol. The van der Waals surface area contributed by atoms with Crippen LogP contribution in [0, 0.1) is 0 Å². The first-order valence-electron chi connectivity index (χ1n) is 7.89. The first-order valence-corrected chi connectivity index (χ1v) is 8.71. The Hall–Kier alpha value is -2.91. The molecular formula is C21H11NOS. The number of ether oxygens (including phenoxy) is 1. The van der Waals surface area contributed by atoms with Gasteiger partial charge < -0.3 is 4.74 Å². The van der Waals surface area contributed by atoms with Gasteiger partial charge in [-0.2, -0.15) is 0 Å². The van der Waals surface area contributed by atoms with E-state index in [-0.39, 0.29) is 0 Å². The summed E-state index contributed by atoms with van der Waals surface area (Å²) in [5.41, 5.74) is 2.42. The molecule has 112 valence electrons. The monoisotopic (exact) mass is 325 g/mol. The van der Waals surface area contributed by atoms with Crippen LogP contribution in [-0.2, 0) is 0 Å². The normalized spacial score (nSPS) is 12.5. The summed E-state index contributed by atoms with van der Waals surface area (Å²) in [5.74, 6) is 1.87. The Balaban J connectivity index is 1.91. The first kappa shape index (κ1) is 12.5. The van der Waals surface area contributed by atoms with Crippen LogP contribution in [0.2, 0.25) is 0 Å². The van der Waals surface area contributed by atoms with Crippen molar-refractivity contribution in [2.24, 2.45) is 0 Å². The van der Waals surface area contributed by atoms with Crippen LogP contribution >= 0.6 is 11.3 Å². The Morgan fingerprint density at radius 1 is 0.750 bits per heavy atom. The Labute approximate surface area is 142 Å². The molecule has 1 aliphatic rings. The maximum Gasteiger partial charge on any atom is 0.135 e. The summed E-state index contributed by atoms with van der Waals surface area (Å²) in [7, 11) is 0. The number of benzene rings is 3. The lowest BCUT2D eigenvalue weighted by atomic mass is 9.92. The minimum atomic E-state index is 0.930. The molecule has 3 heteroatoms. The van der Waals surface area contributed by atoms with E-state index in [1.54, 1.807) is 0 Å². The smallest absolute Gasteiger partial charge is 0.135 e. The van der Waals surface area contributed by atoms with Crippen LogP contribution in [0.3, 0.4) is 0 Å². The van der Waals surface area contributed by atoms with Crippen LogP contribution in [0.1, 0.15) is 0 Å². The molecule has 0 saturated carbocycles. The van der Waals surface area contributed by atoms with E-state index in [0.717, 1.165) is 11.5 Å². The summed E-state index contributed by atoms with van der Waals surface area (Å²) >= 11 is 1.81. The molecule has 6 rings (SSSR count). The molecule has 0 amide bonds. The van der Waals surface area contributed by atoms with Crippen molar-refractivity contribution < 1.29 is 4.74 Å². The summed E-state index contributed by atoms with van der Waals surface area (Å²) < 4.78 is 8.71. The van der Waals surface area contributed by atoms with Gasteiger partial charge in [0.15, 0.2) is 0 Å². The van der Waals surface area contributed by atoms with Gasteiger partial charge in [-0.05, 0) is 35.2 Å². The Bertz CT molecular complexity index is 1290. The van der Waals surface area contributed by atoms with Gasteiger partial charge in [-0.3, -0.25) is 4.98 Å². The third-order valence-electron chi connectivity index (χ3n) is 4.76. The number of para-hydroxylation sites is 1. The molecule has 2 aromatic heterocycles. The van der Waals surface area contributed by atoms with Gasteiger partial charge in [0, 0.05) is 38.8 Å². The van der Waals surface area contributed by atoms with Gasteiger partial charge in [-0.25, -0.2) is 0 Å². The zero-order valence-corrected chi connectivity index (χ0v) is 13.4. The number of pyridine rings is 1. The van der Waals surface area contributed by atoms with Crippen molar-refractivity contribution in [3.8, 4) is 22.6 Å². The van der Waals surface area contributed by atoms with E-state index >= 15 is 0 Å². The van der Waals surface area contributed by atoms with Crippen molar-refractivity contribution >= 4 is 42.3 Å². The molecule has 0 saturated heterocycles. The average Bonchev–Trinajstić information content (AvgIpc) is 3.00. The second-order valence-corrected chi connectivity index (χ2v) is 7.13. The lowest BCUT2D eigenvalue weighted by Crippen LogP contribution is -1.96. The minimum Gasteiger partial charge on any atom is -0.456 e. The molecule has 0 bridgehead atoms. The molecule has 0 unspecified atom stereocenters. The fraction of sp³-hybridized carbons (Fsp3) is 0. The highest BCUT2D eigenvalue weighted by Gasteiger charge is 2.22. The summed E-state index contributed by atoms with van der Waals surface area (Å²) in [6.07, 6.45) is 3.83. The highest BCUT2D eigenvalue weighted by Crippen LogP contribution is 2.50. The van der Waals surface area contributed by atoms with E-state index in [0.29, 0.717) is 0 Å². The summed E-state index contributed by atoms with van der Waals surface area (Å²) in [6, 6.07) is 19.0. The van der Waals surface area contributed by atoms with Gasteiger partial charge in [0.25, 0.3) is 0 Å². The molecular weight excluding hydrogens is 314 g/mol.